The molecule has 0 aliphatic heterocycles. The fourth-order valence-corrected chi connectivity index (χ4v) is 2.41. The van der Waals surface area contributed by atoms with Crippen LogP contribution in [0, 0.1) is 15.9 Å². The Morgan fingerprint density at radius 3 is 2.78 bits per heavy atom. The van der Waals surface area contributed by atoms with E-state index in [0.717, 1.165) is 17.0 Å². The molecule has 0 unspecified atom stereocenters. The Kier molecular flexibility index (Phi) is 3.78. The zero-order valence-corrected chi connectivity index (χ0v) is 10.6. The van der Waals surface area contributed by atoms with Gasteiger partial charge >= 0.3 is 5.69 Å². The molecule has 0 atom stereocenters. The molecule has 0 saturated carbocycles. The van der Waals surface area contributed by atoms with Gasteiger partial charge in [-0.2, -0.15) is 4.39 Å². The van der Waals surface area contributed by atoms with Gasteiger partial charge in [-0.05, 0) is 12.1 Å². The molecule has 0 fully saturated rings. The van der Waals surface area contributed by atoms with Crippen molar-refractivity contribution in [3.63, 3.8) is 0 Å². The average Bonchev–Trinajstić information content (AvgIpc) is 2.72. The first kappa shape index (κ1) is 12.8. The first-order chi connectivity index (χ1) is 8.56. The molecule has 0 bridgehead atoms. The molecule has 0 aliphatic carbocycles. The number of nitrogens with zero attached hydrogens (tertiary/aromatic N) is 1. The highest BCUT2D eigenvalue weighted by Gasteiger charge is 2.13. The number of nitro groups is 1. The van der Waals surface area contributed by atoms with Gasteiger partial charge in [0.2, 0.25) is 5.82 Å². The van der Waals surface area contributed by atoms with Crippen molar-refractivity contribution in [3.8, 4) is 0 Å². The Labute approximate surface area is 111 Å². The second-order valence-electron chi connectivity index (χ2n) is 3.51. The van der Waals surface area contributed by atoms with Crippen molar-refractivity contribution in [2.24, 2.45) is 0 Å². The minimum atomic E-state index is -0.853. The molecule has 1 N–H and O–H groups in total. The summed E-state index contributed by atoms with van der Waals surface area (Å²) in [5, 5.41) is 15.9. The zero-order valence-electron chi connectivity index (χ0n) is 9.02. The Hall–Kier alpha value is -1.66. The van der Waals surface area contributed by atoms with Gasteiger partial charge in [0.1, 0.15) is 0 Å². The third kappa shape index (κ3) is 2.96. The van der Waals surface area contributed by atoms with Crippen molar-refractivity contribution < 1.29 is 9.31 Å². The summed E-state index contributed by atoms with van der Waals surface area (Å²) in [4.78, 5) is 10.7. The number of halogens is 2. The van der Waals surface area contributed by atoms with Crippen molar-refractivity contribution in [1.82, 2.24) is 0 Å². The number of hydrogen-bond donors (Lipinski definition) is 1. The third-order valence-electron chi connectivity index (χ3n) is 2.23. The van der Waals surface area contributed by atoms with Gasteiger partial charge in [0, 0.05) is 34.6 Å². The molecular weight excluding hydrogens is 279 g/mol. The van der Waals surface area contributed by atoms with Gasteiger partial charge in [0.25, 0.3) is 0 Å². The number of nitrogens with one attached hydrogen (secondary N) is 1. The minimum absolute atomic E-state index is 0.489. The smallest absolute Gasteiger partial charge is 0.304 e. The van der Waals surface area contributed by atoms with E-state index in [1.54, 1.807) is 11.4 Å². The van der Waals surface area contributed by atoms with Crippen molar-refractivity contribution in [1.29, 1.82) is 0 Å². The first-order valence-electron chi connectivity index (χ1n) is 4.97. The molecule has 0 saturated heterocycles. The number of nitro benzene ring substituents is 1. The van der Waals surface area contributed by atoms with Crippen molar-refractivity contribution in [3.05, 3.63) is 55.5 Å². The fourth-order valence-electron chi connectivity index (χ4n) is 1.40. The van der Waals surface area contributed by atoms with Crippen LogP contribution in [0.3, 0.4) is 0 Å². The Balaban J connectivity index is 2.06. The summed E-state index contributed by atoms with van der Waals surface area (Å²) < 4.78 is 13.3. The number of anilines is 1. The van der Waals surface area contributed by atoms with E-state index in [1.165, 1.54) is 17.4 Å². The van der Waals surface area contributed by atoms with Crippen LogP contribution in [0.25, 0.3) is 0 Å². The highest BCUT2D eigenvalue weighted by atomic mass is 35.5. The van der Waals surface area contributed by atoms with Crippen LogP contribution in [-0.2, 0) is 6.54 Å². The number of thiophene rings is 1. The molecule has 18 heavy (non-hydrogen) atoms. The van der Waals surface area contributed by atoms with Gasteiger partial charge in [-0.3, -0.25) is 10.1 Å². The summed E-state index contributed by atoms with van der Waals surface area (Å²) in [5.41, 5.74) is -0.0395. The second kappa shape index (κ2) is 5.32. The van der Waals surface area contributed by atoms with Crippen LogP contribution >= 0.6 is 22.9 Å². The fraction of sp³-hybridized carbons (Fsp3) is 0.0909. The van der Waals surface area contributed by atoms with Crippen molar-refractivity contribution in [2.75, 3.05) is 5.32 Å². The number of hydrogen-bond acceptors (Lipinski definition) is 4. The van der Waals surface area contributed by atoms with Gasteiger partial charge in [-0.25, -0.2) is 0 Å². The molecule has 0 aliphatic rings. The molecule has 1 heterocycles. The van der Waals surface area contributed by atoms with Crippen LogP contribution in [0.5, 0.6) is 0 Å². The lowest BCUT2D eigenvalue weighted by atomic mass is 10.2. The van der Waals surface area contributed by atoms with Gasteiger partial charge < -0.3 is 5.32 Å². The molecule has 2 rings (SSSR count). The monoisotopic (exact) mass is 286 g/mol. The molecule has 2 aromatic rings. The molecule has 0 radical (unpaired) electrons. The Bertz CT molecular complexity index is 588. The molecular formula is C11H8ClFN2O2S. The highest BCUT2D eigenvalue weighted by molar-refractivity contribution is 7.10. The van der Waals surface area contributed by atoms with E-state index in [2.05, 4.69) is 5.32 Å². The minimum Gasteiger partial charge on any atom is -0.380 e. The van der Waals surface area contributed by atoms with Crippen LogP contribution in [0.2, 0.25) is 5.02 Å². The van der Waals surface area contributed by atoms with E-state index in [9.17, 15) is 14.5 Å². The summed E-state index contributed by atoms with van der Waals surface area (Å²) in [6.07, 6.45) is 0. The lowest BCUT2D eigenvalue weighted by Crippen LogP contribution is -1.99. The van der Waals surface area contributed by atoms with Crippen molar-refractivity contribution in [2.45, 2.75) is 6.54 Å². The summed E-state index contributed by atoms with van der Waals surface area (Å²) in [7, 11) is 0. The Morgan fingerprint density at radius 1 is 1.44 bits per heavy atom. The standard InChI is InChI=1S/C11H8ClFN2O2S/c12-7-3-9(18-6-7)5-14-8-1-2-11(15(16)17)10(13)4-8/h1-4,6,14H,5H2. The highest BCUT2D eigenvalue weighted by Crippen LogP contribution is 2.23. The second-order valence-corrected chi connectivity index (χ2v) is 4.94. The number of benzene rings is 1. The van der Waals surface area contributed by atoms with Gasteiger partial charge in [0.15, 0.2) is 0 Å². The summed E-state index contributed by atoms with van der Waals surface area (Å²) in [5.74, 6) is -0.853. The molecule has 1 aromatic heterocycles. The van der Waals surface area contributed by atoms with E-state index in [0.29, 0.717) is 17.3 Å². The van der Waals surface area contributed by atoms with Crippen LogP contribution in [0.1, 0.15) is 4.88 Å². The van der Waals surface area contributed by atoms with Gasteiger partial charge in [-0.1, -0.05) is 11.6 Å². The lowest BCUT2D eigenvalue weighted by Gasteiger charge is -2.04. The molecule has 0 amide bonds. The van der Waals surface area contributed by atoms with Crippen molar-refractivity contribution >= 4 is 34.3 Å². The molecule has 7 heteroatoms. The summed E-state index contributed by atoms with van der Waals surface area (Å²) in [6, 6.07) is 5.52. The largest absolute Gasteiger partial charge is 0.380 e. The van der Waals surface area contributed by atoms with Gasteiger partial charge in [0.05, 0.1) is 9.95 Å². The topological polar surface area (TPSA) is 55.2 Å². The normalized spacial score (nSPS) is 10.3. The maximum Gasteiger partial charge on any atom is 0.304 e. The SMILES string of the molecule is O=[N+]([O-])c1ccc(NCc2cc(Cl)cs2)cc1F. The van der Waals surface area contributed by atoms with E-state index < -0.39 is 16.4 Å². The van der Waals surface area contributed by atoms with Crippen LogP contribution in [0.15, 0.2) is 29.6 Å². The average molecular weight is 287 g/mol. The maximum absolute atomic E-state index is 13.3. The molecule has 0 spiro atoms. The predicted molar refractivity (Wildman–Crippen MR) is 69.7 cm³/mol. The third-order valence-corrected chi connectivity index (χ3v) is 3.52. The quantitative estimate of drug-likeness (QED) is 0.681. The van der Waals surface area contributed by atoms with Crippen LogP contribution in [-0.4, -0.2) is 4.92 Å². The van der Waals surface area contributed by atoms with Crippen LogP contribution in [0.4, 0.5) is 15.8 Å². The number of rotatable bonds is 4. The van der Waals surface area contributed by atoms with E-state index >= 15 is 0 Å². The molecule has 94 valence electrons. The first-order valence-corrected chi connectivity index (χ1v) is 6.23. The maximum atomic E-state index is 13.3. The summed E-state index contributed by atoms with van der Waals surface area (Å²) in [6.45, 7) is 0.495. The Morgan fingerprint density at radius 2 is 2.22 bits per heavy atom. The predicted octanol–water partition coefficient (Wildman–Crippen LogP) is 4.06. The lowest BCUT2D eigenvalue weighted by molar-refractivity contribution is -0.387. The van der Waals surface area contributed by atoms with Gasteiger partial charge in [-0.15, -0.1) is 11.3 Å². The summed E-state index contributed by atoms with van der Waals surface area (Å²) >= 11 is 7.26. The zero-order chi connectivity index (χ0) is 13.1. The molecule has 1 aromatic carbocycles. The van der Waals surface area contributed by atoms with E-state index in [4.69, 9.17) is 11.6 Å². The van der Waals surface area contributed by atoms with E-state index in [-0.39, 0.29) is 0 Å². The van der Waals surface area contributed by atoms with Crippen LogP contribution < -0.4 is 5.32 Å². The molecule has 4 nitrogen and oxygen atoms in total. The van der Waals surface area contributed by atoms with E-state index in [1.807, 2.05) is 0 Å².